The Labute approximate surface area is 210 Å². The third-order valence-corrected chi connectivity index (χ3v) is 7.44. The van der Waals surface area contributed by atoms with Gasteiger partial charge in [0.2, 0.25) is 5.91 Å². The number of anilines is 1. The van der Waals surface area contributed by atoms with E-state index in [4.69, 9.17) is 0 Å². The van der Waals surface area contributed by atoms with Gasteiger partial charge >= 0.3 is 0 Å². The van der Waals surface area contributed by atoms with Gasteiger partial charge < -0.3 is 15.7 Å². The number of carbonyl (C=O) groups excluding carboxylic acids is 2. The van der Waals surface area contributed by atoms with Gasteiger partial charge in [-0.1, -0.05) is 12.1 Å². The molecule has 2 amide bonds. The lowest BCUT2D eigenvalue weighted by molar-refractivity contribution is -0.119. The fraction of sp³-hybridized carbons (Fsp3) is 0.481. The zero-order valence-corrected chi connectivity index (χ0v) is 21.0. The molecule has 0 radical (unpaired) electrons. The summed E-state index contributed by atoms with van der Waals surface area (Å²) in [6, 6.07) is 8.38. The lowest BCUT2D eigenvalue weighted by atomic mass is 9.88. The van der Waals surface area contributed by atoms with Crippen LogP contribution in [0.2, 0.25) is 0 Å². The van der Waals surface area contributed by atoms with E-state index in [1.807, 2.05) is 38.1 Å². The molecular formula is C27H34N6O3. The zero-order valence-electron chi connectivity index (χ0n) is 21.0. The second-order valence-electron chi connectivity index (χ2n) is 10.3. The van der Waals surface area contributed by atoms with E-state index in [9.17, 15) is 14.7 Å². The molecule has 0 spiro atoms. The van der Waals surface area contributed by atoms with Crippen LogP contribution < -0.4 is 10.6 Å². The number of nitrogens with zero attached hydrogens (tertiary/aromatic N) is 3. The molecule has 190 valence electrons. The highest BCUT2D eigenvalue weighted by atomic mass is 16.3. The van der Waals surface area contributed by atoms with Crippen molar-refractivity contribution in [3.05, 3.63) is 53.6 Å². The molecule has 9 nitrogen and oxygen atoms in total. The molecule has 4 N–H and O–H groups in total. The molecule has 9 heteroatoms. The fourth-order valence-corrected chi connectivity index (χ4v) is 5.28. The third kappa shape index (κ3) is 4.93. The molecule has 3 aromatic rings. The van der Waals surface area contributed by atoms with Crippen molar-refractivity contribution in [3.63, 3.8) is 0 Å². The fourth-order valence-electron chi connectivity index (χ4n) is 5.28. The zero-order chi connectivity index (χ0) is 25.4. The average Bonchev–Trinajstić information content (AvgIpc) is 3.81. The lowest BCUT2D eigenvalue weighted by Crippen LogP contribution is -2.50. The molecule has 2 aliphatic carbocycles. The summed E-state index contributed by atoms with van der Waals surface area (Å²) in [6.45, 7) is 5.61. The molecule has 0 saturated heterocycles. The highest BCUT2D eigenvalue weighted by Crippen LogP contribution is 2.51. The third-order valence-electron chi connectivity index (χ3n) is 7.44. The van der Waals surface area contributed by atoms with E-state index in [0.717, 1.165) is 48.2 Å². The molecule has 0 aliphatic heterocycles. The van der Waals surface area contributed by atoms with E-state index in [1.165, 1.54) is 4.68 Å². The predicted octanol–water partition coefficient (Wildman–Crippen LogP) is 3.62. The highest BCUT2D eigenvalue weighted by Gasteiger charge is 2.48. The van der Waals surface area contributed by atoms with Crippen LogP contribution in [-0.4, -0.2) is 49.5 Å². The minimum Gasteiger partial charge on any atom is -0.394 e. The molecular weight excluding hydrogens is 456 g/mol. The molecule has 2 fully saturated rings. The van der Waals surface area contributed by atoms with Gasteiger partial charge in [0.05, 0.1) is 18.3 Å². The van der Waals surface area contributed by atoms with Gasteiger partial charge in [-0.25, -0.2) is 0 Å². The van der Waals surface area contributed by atoms with Gasteiger partial charge in [0.15, 0.2) is 0 Å². The first kappa shape index (κ1) is 24.2. The Bertz CT molecular complexity index is 1210. The minimum atomic E-state index is -0.636. The summed E-state index contributed by atoms with van der Waals surface area (Å²) in [6.07, 6.45) is 5.92. The van der Waals surface area contributed by atoms with Gasteiger partial charge in [0.1, 0.15) is 11.7 Å². The van der Waals surface area contributed by atoms with Gasteiger partial charge in [-0.15, -0.1) is 0 Å². The van der Waals surface area contributed by atoms with Crippen LogP contribution in [0.25, 0.3) is 11.1 Å². The Morgan fingerprint density at radius 2 is 1.78 bits per heavy atom. The Morgan fingerprint density at radius 1 is 1.11 bits per heavy atom. The molecule has 2 aliphatic rings. The Balaban J connectivity index is 1.36. The normalized spacial score (nSPS) is 17.1. The molecule has 0 bridgehead atoms. The van der Waals surface area contributed by atoms with Crippen molar-refractivity contribution in [2.24, 2.45) is 17.8 Å². The summed E-state index contributed by atoms with van der Waals surface area (Å²) in [5.74, 6) is 0.502. The van der Waals surface area contributed by atoms with Gasteiger partial charge in [0.25, 0.3) is 5.91 Å². The van der Waals surface area contributed by atoms with E-state index in [2.05, 4.69) is 25.9 Å². The summed E-state index contributed by atoms with van der Waals surface area (Å²) in [4.78, 5) is 26.9. The molecule has 2 atom stereocenters. The van der Waals surface area contributed by atoms with Crippen molar-refractivity contribution in [2.75, 3.05) is 11.9 Å². The number of rotatable bonds is 10. The number of aryl methyl sites for hydroxylation is 2. The van der Waals surface area contributed by atoms with Crippen LogP contribution in [0.1, 0.15) is 60.5 Å². The van der Waals surface area contributed by atoms with Gasteiger partial charge in [-0.05, 0) is 88.0 Å². The summed E-state index contributed by atoms with van der Waals surface area (Å²) < 4.78 is 1.51. The number of aromatic nitrogens is 4. The molecule has 2 saturated carbocycles. The second kappa shape index (κ2) is 9.89. The molecule has 1 aromatic carbocycles. The summed E-state index contributed by atoms with van der Waals surface area (Å²) in [7, 11) is 0. The largest absolute Gasteiger partial charge is 0.394 e. The molecule has 5 rings (SSSR count). The van der Waals surface area contributed by atoms with Crippen LogP contribution in [0.5, 0.6) is 0 Å². The number of aliphatic hydroxyl groups excluding tert-OH is 1. The monoisotopic (exact) mass is 490 g/mol. The topological polar surface area (TPSA) is 125 Å². The van der Waals surface area contributed by atoms with Crippen molar-refractivity contribution >= 4 is 17.5 Å². The first-order chi connectivity index (χ1) is 17.4. The first-order valence-electron chi connectivity index (χ1n) is 12.8. The number of aromatic amines is 1. The van der Waals surface area contributed by atoms with Crippen molar-refractivity contribution in [1.29, 1.82) is 0 Å². The number of carbonyl (C=O) groups is 2. The van der Waals surface area contributed by atoms with Crippen molar-refractivity contribution in [3.8, 4) is 11.1 Å². The second-order valence-corrected chi connectivity index (χ2v) is 10.3. The van der Waals surface area contributed by atoms with Gasteiger partial charge in [-0.2, -0.15) is 10.2 Å². The quantitative estimate of drug-likeness (QED) is 0.345. The number of H-pyrrole nitrogens is 1. The van der Waals surface area contributed by atoms with Gasteiger partial charge in [0, 0.05) is 23.1 Å². The van der Waals surface area contributed by atoms with E-state index in [1.54, 1.807) is 19.2 Å². The number of aliphatic hydroxyl groups is 1. The molecule has 36 heavy (non-hydrogen) atoms. The van der Waals surface area contributed by atoms with Crippen LogP contribution in [0.15, 0.2) is 36.5 Å². The van der Waals surface area contributed by atoms with Crippen LogP contribution in [-0.2, 0) is 4.79 Å². The maximum Gasteiger partial charge on any atom is 0.270 e. The highest BCUT2D eigenvalue weighted by molar-refractivity contribution is 6.01. The van der Waals surface area contributed by atoms with Crippen molar-refractivity contribution < 1.29 is 14.7 Å². The van der Waals surface area contributed by atoms with E-state index >= 15 is 0 Å². The van der Waals surface area contributed by atoms with E-state index in [0.29, 0.717) is 23.2 Å². The number of benzene rings is 1. The number of hydrogen-bond donors (Lipinski definition) is 4. The Hall–Kier alpha value is -3.46. The number of hydrogen-bond acceptors (Lipinski definition) is 5. The van der Waals surface area contributed by atoms with Gasteiger partial charge in [-0.3, -0.25) is 19.4 Å². The molecule has 1 unspecified atom stereocenters. The van der Waals surface area contributed by atoms with Crippen LogP contribution in [0.4, 0.5) is 5.69 Å². The van der Waals surface area contributed by atoms with Crippen molar-refractivity contribution in [1.82, 2.24) is 25.3 Å². The number of nitrogens with one attached hydrogen (secondary N) is 3. The maximum absolute atomic E-state index is 13.6. The summed E-state index contributed by atoms with van der Waals surface area (Å²) in [5, 5.41) is 27.1. The molecule has 2 heterocycles. The summed E-state index contributed by atoms with van der Waals surface area (Å²) >= 11 is 0. The van der Waals surface area contributed by atoms with Crippen molar-refractivity contribution in [2.45, 2.75) is 58.5 Å². The van der Waals surface area contributed by atoms with Crippen LogP contribution >= 0.6 is 0 Å². The Kier molecular flexibility index (Phi) is 6.66. The maximum atomic E-state index is 13.6. The van der Waals surface area contributed by atoms with Crippen LogP contribution in [0.3, 0.4) is 0 Å². The minimum absolute atomic E-state index is 0.121. The lowest BCUT2D eigenvalue weighted by Gasteiger charge is -2.28. The Morgan fingerprint density at radius 3 is 2.33 bits per heavy atom. The van der Waals surface area contributed by atoms with E-state index in [-0.39, 0.29) is 30.4 Å². The SMILES string of the molecule is Cc1n[nH]c(C)c1-c1ccc(NC(=O)C(NC(=O)c2ccnn2[C@@H](C)CO)C(C2CC2)C2CC2)cc1. The average molecular weight is 491 g/mol. The standard InChI is InChI=1S/C27H34N6O3/c1-15(14-34)33-22(12-13-28-33)26(35)30-25(24(19-4-5-19)20-6-7-20)27(36)29-21-10-8-18(9-11-21)23-16(2)31-32-17(23)3/h8-13,15,19-20,24-25,34H,4-7,14H2,1-3H3,(H,29,36)(H,30,35)(H,31,32)/t15-,25?/m0/s1. The van der Waals surface area contributed by atoms with E-state index < -0.39 is 6.04 Å². The predicted molar refractivity (Wildman–Crippen MR) is 136 cm³/mol. The number of amides is 2. The first-order valence-corrected chi connectivity index (χ1v) is 12.8. The smallest absolute Gasteiger partial charge is 0.270 e. The summed E-state index contributed by atoms with van der Waals surface area (Å²) in [5.41, 5.74) is 5.05. The molecule has 2 aromatic heterocycles. The van der Waals surface area contributed by atoms with Crippen LogP contribution in [0, 0.1) is 31.6 Å².